The number of primary amides is 1. The molecule has 37 heavy (non-hydrogen) atoms. The van der Waals surface area contributed by atoms with Crippen LogP contribution in [-0.4, -0.2) is 52.9 Å². The molecule has 0 radical (unpaired) electrons. The van der Waals surface area contributed by atoms with Gasteiger partial charge in [-0.05, 0) is 77.5 Å². The van der Waals surface area contributed by atoms with Crippen LogP contribution in [0.25, 0.3) is 0 Å². The quantitative estimate of drug-likeness (QED) is 0.435. The molecule has 4 amide bonds. The lowest BCUT2D eigenvalue weighted by Gasteiger charge is -2.35. The predicted molar refractivity (Wildman–Crippen MR) is 143 cm³/mol. The summed E-state index contributed by atoms with van der Waals surface area (Å²) in [6.07, 6.45) is 4.21. The second kappa shape index (κ2) is 13.4. The number of benzene rings is 1. The van der Waals surface area contributed by atoms with Gasteiger partial charge in [0, 0.05) is 19.0 Å². The van der Waals surface area contributed by atoms with Gasteiger partial charge in [-0.1, -0.05) is 37.5 Å². The van der Waals surface area contributed by atoms with Crippen LogP contribution in [0.4, 0.5) is 4.79 Å². The van der Waals surface area contributed by atoms with Gasteiger partial charge in [0.1, 0.15) is 17.7 Å². The van der Waals surface area contributed by atoms with Crippen LogP contribution in [-0.2, 0) is 19.1 Å². The molecular weight excluding hydrogens is 472 g/mol. The summed E-state index contributed by atoms with van der Waals surface area (Å²) in [6.45, 7) is 11.1. The van der Waals surface area contributed by atoms with E-state index in [2.05, 4.69) is 10.6 Å². The Morgan fingerprint density at radius 1 is 1.11 bits per heavy atom. The van der Waals surface area contributed by atoms with Crippen LogP contribution < -0.4 is 16.4 Å². The highest BCUT2D eigenvalue weighted by molar-refractivity contribution is 5.92. The number of carbonyl (C=O) groups is 4. The van der Waals surface area contributed by atoms with Gasteiger partial charge in [-0.25, -0.2) is 4.79 Å². The molecule has 1 fully saturated rings. The number of nitrogens with one attached hydrogen (secondary N) is 2. The van der Waals surface area contributed by atoms with Crippen LogP contribution in [0.15, 0.2) is 18.2 Å². The molecule has 1 aromatic carbocycles. The molecule has 9 nitrogen and oxygen atoms in total. The molecule has 1 aliphatic rings. The highest BCUT2D eigenvalue weighted by Crippen LogP contribution is 2.28. The van der Waals surface area contributed by atoms with Gasteiger partial charge >= 0.3 is 6.09 Å². The summed E-state index contributed by atoms with van der Waals surface area (Å²) in [5, 5.41) is 5.78. The minimum atomic E-state index is -1.09. The largest absolute Gasteiger partial charge is 0.444 e. The van der Waals surface area contributed by atoms with Gasteiger partial charge < -0.3 is 26.0 Å². The van der Waals surface area contributed by atoms with E-state index in [1.165, 1.54) is 4.90 Å². The van der Waals surface area contributed by atoms with Crippen LogP contribution in [0.5, 0.6) is 0 Å². The van der Waals surface area contributed by atoms with Crippen molar-refractivity contribution in [1.82, 2.24) is 15.5 Å². The minimum absolute atomic E-state index is 0.00628. The number of hydrogen-bond donors (Lipinski definition) is 3. The molecule has 2 rings (SSSR count). The Bertz CT molecular complexity index is 966. The summed E-state index contributed by atoms with van der Waals surface area (Å²) in [5.41, 5.74) is 7.24. The zero-order valence-electron chi connectivity index (χ0n) is 23.2. The molecule has 2 atom stereocenters. The lowest BCUT2D eigenvalue weighted by Crippen LogP contribution is -2.54. The van der Waals surface area contributed by atoms with E-state index in [1.807, 2.05) is 32.0 Å². The maximum atomic E-state index is 13.9. The van der Waals surface area contributed by atoms with E-state index in [9.17, 15) is 19.2 Å². The number of alkyl carbamates (subject to hydrolysis) is 1. The molecule has 1 saturated carbocycles. The third-order valence-corrected chi connectivity index (χ3v) is 6.74. The van der Waals surface area contributed by atoms with E-state index in [1.54, 1.807) is 27.7 Å². The number of nitrogens with zero attached hydrogens (tertiary/aromatic N) is 1. The number of amides is 4. The van der Waals surface area contributed by atoms with E-state index < -0.39 is 35.6 Å². The normalized spacial score (nSPS) is 15.8. The number of carbonyl (C=O) groups excluding carboxylic acids is 4. The first-order valence-electron chi connectivity index (χ1n) is 13.3. The smallest absolute Gasteiger partial charge is 0.408 e. The highest BCUT2D eigenvalue weighted by Gasteiger charge is 2.37. The highest BCUT2D eigenvalue weighted by atomic mass is 16.6. The van der Waals surface area contributed by atoms with Crippen molar-refractivity contribution >= 4 is 23.8 Å². The van der Waals surface area contributed by atoms with E-state index in [-0.39, 0.29) is 31.3 Å². The molecule has 1 aromatic rings. The topological polar surface area (TPSA) is 131 Å². The average Bonchev–Trinajstić information content (AvgIpc) is 2.81. The van der Waals surface area contributed by atoms with Crippen molar-refractivity contribution in [3.05, 3.63) is 34.9 Å². The second-order valence-corrected chi connectivity index (χ2v) is 10.9. The predicted octanol–water partition coefficient (Wildman–Crippen LogP) is 3.80. The van der Waals surface area contributed by atoms with Gasteiger partial charge in [0.15, 0.2) is 0 Å². The monoisotopic (exact) mass is 516 g/mol. The van der Waals surface area contributed by atoms with Crippen LogP contribution in [0.1, 0.15) is 95.4 Å². The molecule has 0 spiro atoms. The molecule has 0 saturated heterocycles. The molecular formula is C28H44N4O5. The summed E-state index contributed by atoms with van der Waals surface area (Å²) >= 11 is 0. The van der Waals surface area contributed by atoms with Gasteiger partial charge in [0.05, 0.1) is 0 Å². The number of hydrogen-bond acceptors (Lipinski definition) is 5. The number of ether oxygens (including phenoxy) is 1. The molecule has 0 aromatic heterocycles. The molecule has 2 unspecified atom stereocenters. The Kier molecular flexibility index (Phi) is 10.9. The van der Waals surface area contributed by atoms with Crippen LogP contribution in [0.3, 0.4) is 0 Å². The van der Waals surface area contributed by atoms with E-state index in [0.717, 1.165) is 48.8 Å². The van der Waals surface area contributed by atoms with E-state index >= 15 is 0 Å². The van der Waals surface area contributed by atoms with Crippen LogP contribution in [0.2, 0.25) is 0 Å². The van der Waals surface area contributed by atoms with Gasteiger partial charge in [0.25, 0.3) is 0 Å². The summed E-state index contributed by atoms with van der Waals surface area (Å²) in [6, 6.07) is 3.79. The molecule has 0 heterocycles. The van der Waals surface area contributed by atoms with Crippen LogP contribution >= 0.6 is 0 Å². The van der Waals surface area contributed by atoms with Crippen molar-refractivity contribution in [2.24, 2.45) is 5.73 Å². The Balaban J connectivity index is 2.43. The van der Waals surface area contributed by atoms with Gasteiger partial charge in [-0.15, -0.1) is 0 Å². The number of rotatable bonds is 10. The van der Waals surface area contributed by atoms with Crippen molar-refractivity contribution < 1.29 is 23.9 Å². The first-order chi connectivity index (χ1) is 17.3. The second-order valence-electron chi connectivity index (χ2n) is 10.9. The minimum Gasteiger partial charge on any atom is -0.444 e. The fourth-order valence-corrected chi connectivity index (χ4v) is 4.71. The lowest BCUT2D eigenvalue weighted by molar-refractivity contribution is -0.142. The zero-order chi connectivity index (χ0) is 27.8. The molecule has 0 bridgehead atoms. The van der Waals surface area contributed by atoms with Gasteiger partial charge in [-0.3, -0.25) is 14.4 Å². The summed E-state index contributed by atoms with van der Waals surface area (Å²) < 4.78 is 5.35. The van der Waals surface area contributed by atoms with Crippen LogP contribution in [0, 0.1) is 13.8 Å². The standard InChI is InChI=1S/C28H44N4O5/c1-7-32(26(35)22(16-17-23(29)33)31-27(36)37-28(4,5)6)24(21-15-11-12-18(2)19(21)3)25(34)30-20-13-9-8-10-14-20/h11-12,15,20,22,24H,7-10,13-14,16-17H2,1-6H3,(H2,29,33)(H,30,34)(H,31,36). The molecule has 206 valence electrons. The zero-order valence-corrected chi connectivity index (χ0v) is 23.2. The number of aryl methyl sites for hydroxylation is 1. The van der Waals surface area contributed by atoms with E-state index in [4.69, 9.17) is 10.5 Å². The van der Waals surface area contributed by atoms with Crippen molar-refractivity contribution in [1.29, 1.82) is 0 Å². The van der Waals surface area contributed by atoms with Crippen molar-refractivity contribution in [2.45, 2.75) is 110 Å². The van der Waals surface area contributed by atoms with Crippen molar-refractivity contribution in [3.63, 3.8) is 0 Å². The molecule has 9 heteroatoms. The maximum Gasteiger partial charge on any atom is 0.408 e. The Labute approximate surface area is 220 Å². The summed E-state index contributed by atoms with van der Waals surface area (Å²) in [4.78, 5) is 53.3. The average molecular weight is 517 g/mol. The first kappa shape index (κ1) is 30.1. The summed E-state index contributed by atoms with van der Waals surface area (Å²) in [7, 11) is 0. The Hall–Kier alpha value is -3.10. The lowest BCUT2D eigenvalue weighted by atomic mass is 9.92. The molecule has 0 aliphatic heterocycles. The summed E-state index contributed by atoms with van der Waals surface area (Å²) in [5.74, 6) is -1.31. The fraction of sp³-hybridized carbons (Fsp3) is 0.643. The third kappa shape index (κ3) is 9.05. The SMILES string of the molecule is CCN(C(=O)C(CCC(N)=O)NC(=O)OC(C)(C)C)C(C(=O)NC1CCCCC1)c1cccc(C)c1C. The van der Waals surface area contributed by atoms with Crippen molar-refractivity contribution in [2.75, 3.05) is 6.54 Å². The number of nitrogens with two attached hydrogens (primary N) is 1. The van der Waals surface area contributed by atoms with Crippen molar-refractivity contribution in [3.8, 4) is 0 Å². The first-order valence-corrected chi connectivity index (χ1v) is 13.3. The van der Waals surface area contributed by atoms with Gasteiger partial charge in [0.2, 0.25) is 17.7 Å². The molecule has 4 N–H and O–H groups in total. The number of likely N-dealkylation sites (N-methyl/N-ethyl adjacent to an activating group) is 1. The maximum absolute atomic E-state index is 13.9. The molecule has 1 aliphatic carbocycles. The van der Waals surface area contributed by atoms with E-state index in [0.29, 0.717) is 0 Å². The Morgan fingerprint density at radius 2 is 1.76 bits per heavy atom. The fourth-order valence-electron chi connectivity index (χ4n) is 4.71. The third-order valence-electron chi connectivity index (χ3n) is 6.74. The Morgan fingerprint density at radius 3 is 2.32 bits per heavy atom. The van der Waals surface area contributed by atoms with Gasteiger partial charge in [-0.2, -0.15) is 0 Å².